The van der Waals surface area contributed by atoms with Crippen molar-refractivity contribution < 1.29 is 9.90 Å². The Hall–Kier alpha value is -3.05. The van der Waals surface area contributed by atoms with Crippen LogP contribution in [0.5, 0.6) is 0 Å². The second-order valence-corrected chi connectivity index (χ2v) is 7.69. The van der Waals surface area contributed by atoms with Crippen LogP contribution in [-0.4, -0.2) is 39.0 Å². The van der Waals surface area contributed by atoms with Gasteiger partial charge in [0.15, 0.2) is 0 Å². The molecule has 1 aliphatic heterocycles. The zero-order valence-electron chi connectivity index (χ0n) is 16.4. The second-order valence-electron chi connectivity index (χ2n) is 7.69. The number of hydrogen-bond donors (Lipinski definition) is 1. The lowest BCUT2D eigenvalue weighted by Gasteiger charge is -2.32. The SMILES string of the molecule is O=C(O)c1ccccc1-c1ccc(CN2CCC[C@H](Cc3cnccn3)C2)cc1. The fourth-order valence-corrected chi connectivity index (χ4v) is 4.16. The number of rotatable bonds is 6. The Labute approximate surface area is 171 Å². The molecule has 0 radical (unpaired) electrons. The van der Waals surface area contributed by atoms with Crippen molar-refractivity contribution in [3.63, 3.8) is 0 Å². The average Bonchev–Trinajstić information content (AvgIpc) is 2.75. The summed E-state index contributed by atoms with van der Waals surface area (Å²) in [6, 6.07) is 15.4. The van der Waals surface area contributed by atoms with Gasteiger partial charge in [-0.2, -0.15) is 0 Å². The van der Waals surface area contributed by atoms with Gasteiger partial charge in [0.25, 0.3) is 0 Å². The molecule has 1 aromatic heterocycles. The Balaban J connectivity index is 1.40. The van der Waals surface area contributed by atoms with Gasteiger partial charge in [0.2, 0.25) is 0 Å². The number of carboxylic acid groups (broad SMARTS) is 1. The molecule has 148 valence electrons. The number of carboxylic acids is 1. The first-order valence-electron chi connectivity index (χ1n) is 10.1. The van der Waals surface area contributed by atoms with E-state index in [1.807, 2.05) is 30.5 Å². The van der Waals surface area contributed by atoms with E-state index in [1.54, 1.807) is 24.5 Å². The van der Waals surface area contributed by atoms with Crippen molar-refractivity contribution in [3.8, 4) is 11.1 Å². The Morgan fingerprint density at radius 3 is 2.69 bits per heavy atom. The summed E-state index contributed by atoms with van der Waals surface area (Å²) in [5.74, 6) is -0.283. The molecular formula is C24H25N3O2. The van der Waals surface area contributed by atoms with Crippen molar-refractivity contribution in [2.75, 3.05) is 13.1 Å². The van der Waals surface area contributed by atoms with Crippen LogP contribution in [0.15, 0.2) is 67.1 Å². The van der Waals surface area contributed by atoms with E-state index in [4.69, 9.17) is 0 Å². The van der Waals surface area contributed by atoms with Gasteiger partial charge in [-0.1, -0.05) is 42.5 Å². The van der Waals surface area contributed by atoms with Gasteiger partial charge in [-0.05, 0) is 54.5 Å². The van der Waals surface area contributed by atoms with E-state index in [2.05, 4.69) is 27.0 Å². The Bertz CT molecular complexity index is 957. The van der Waals surface area contributed by atoms with Crippen LogP contribution in [0, 0.1) is 5.92 Å². The number of piperidine rings is 1. The Morgan fingerprint density at radius 1 is 1.10 bits per heavy atom. The van der Waals surface area contributed by atoms with Gasteiger partial charge in [-0.15, -0.1) is 0 Å². The molecule has 2 heterocycles. The summed E-state index contributed by atoms with van der Waals surface area (Å²) in [6.07, 6.45) is 8.77. The third kappa shape index (κ3) is 4.87. The zero-order chi connectivity index (χ0) is 20.1. The number of benzene rings is 2. The summed E-state index contributed by atoms with van der Waals surface area (Å²) < 4.78 is 0. The highest BCUT2D eigenvalue weighted by molar-refractivity contribution is 5.95. The molecule has 0 bridgehead atoms. The molecular weight excluding hydrogens is 362 g/mol. The molecule has 5 heteroatoms. The molecule has 5 nitrogen and oxygen atoms in total. The normalized spacial score (nSPS) is 17.2. The van der Waals surface area contributed by atoms with Gasteiger partial charge in [-0.25, -0.2) is 4.79 Å². The molecule has 0 spiro atoms. The van der Waals surface area contributed by atoms with Crippen LogP contribution in [0.2, 0.25) is 0 Å². The van der Waals surface area contributed by atoms with E-state index >= 15 is 0 Å². The number of hydrogen-bond acceptors (Lipinski definition) is 4. The highest BCUT2D eigenvalue weighted by atomic mass is 16.4. The molecule has 1 atom stereocenters. The third-order valence-corrected chi connectivity index (χ3v) is 5.55. The highest BCUT2D eigenvalue weighted by Crippen LogP contribution is 2.26. The molecule has 4 rings (SSSR count). The fourth-order valence-electron chi connectivity index (χ4n) is 4.16. The lowest BCUT2D eigenvalue weighted by Crippen LogP contribution is -2.35. The van der Waals surface area contributed by atoms with Crippen LogP contribution in [0.3, 0.4) is 0 Å². The minimum atomic E-state index is -0.896. The maximum atomic E-state index is 11.5. The van der Waals surface area contributed by atoms with Crippen molar-refractivity contribution in [3.05, 3.63) is 83.9 Å². The molecule has 0 saturated carbocycles. The molecule has 29 heavy (non-hydrogen) atoms. The van der Waals surface area contributed by atoms with E-state index in [0.717, 1.165) is 42.9 Å². The van der Waals surface area contributed by atoms with Crippen molar-refractivity contribution in [1.82, 2.24) is 14.9 Å². The lowest BCUT2D eigenvalue weighted by atomic mass is 9.93. The fraction of sp³-hybridized carbons (Fsp3) is 0.292. The minimum Gasteiger partial charge on any atom is -0.478 e. The van der Waals surface area contributed by atoms with E-state index in [0.29, 0.717) is 11.5 Å². The number of carbonyl (C=O) groups is 1. The second kappa shape index (κ2) is 8.97. The zero-order valence-corrected chi connectivity index (χ0v) is 16.4. The first-order chi connectivity index (χ1) is 14.2. The van der Waals surface area contributed by atoms with Gasteiger partial charge in [0.05, 0.1) is 11.3 Å². The van der Waals surface area contributed by atoms with Crippen molar-refractivity contribution in [2.45, 2.75) is 25.8 Å². The monoisotopic (exact) mass is 387 g/mol. The van der Waals surface area contributed by atoms with Crippen molar-refractivity contribution >= 4 is 5.97 Å². The van der Waals surface area contributed by atoms with E-state index in [-0.39, 0.29) is 0 Å². The van der Waals surface area contributed by atoms with Crippen LogP contribution < -0.4 is 0 Å². The molecule has 1 aliphatic rings. The summed E-state index contributed by atoms with van der Waals surface area (Å²) in [6.45, 7) is 3.10. The topological polar surface area (TPSA) is 66.3 Å². The number of likely N-dealkylation sites (tertiary alicyclic amines) is 1. The minimum absolute atomic E-state index is 0.336. The van der Waals surface area contributed by atoms with Crippen LogP contribution in [0.4, 0.5) is 0 Å². The maximum absolute atomic E-state index is 11.5. The number of nitrogens with zero attached hydrogens (tertiary/aromatic N) is 3. The summed E-state index contributed by atoms with van der Waals surface area (Å²) >= 11 is 0. The van der Waals surface area contributed by atoms with Crippen molar-refractivity contribution in [2.24, 2.45) is 5.92 Å². The number of aromatic carboxylic acids is 1. The predicted molar refractivity (Wildman–Crippen MR) is 113 cm³/mol. The van der Waals surface area contributed by atoms with E-state index in [9.17, 15) is 9.90 Å². The molecule has 1 saturated heterocycles. The van der Waals surface area contributed by atoms with E-state index in [1.165, 1.54) is 18.4 Å². The summed E-state index contributed by atoms with van der Waals surface area (Å²) in [4.78, 5) is 22.6. The third-order valence-electron chi connectivity index (χ3n) is 5.55. The molecule has 3 aromatic rings. The highest BCUT2D eigenvalue weighted by Gasteiger charge is 2.21. The van der Waals surface area contributed by atoms with Crippen LogP contribution in [0.1, 0.15) is 34.5 Å². The molecule has 1 N–H and O–H groups in total. The van der Waals surface area contributed by atoms with Crippen molar-refractivity contribution in [1.29, 1.82) is 0 Å². The predicted octanol–water partition coefficient (Wildman–Crippen LogP) is 4.30. The van der Waals surface area contributed by atoms with Gasteiger partial charge >= 0.3 is 5.97 Å². The van der Waals surface area contributed by atoms with Gasteiger partial charge in [0, 0.05) is 31.7 Å². The quantitative estimate of drug-likeness (QED) is 0.683. The molecule has 1 fully saturated rings. The van der Waals surface area contributed by atoms with E-state index < -0.39 is 5.97 Å². The molecule has 0 aliphatic carbocycles. The van der Waals surface area contributed by atoms with Crippen LogP contribution >= 0.6 is 0 Å². The molecule has 2 aromatic carbocycles. The largest absolute Gasteiger partial charge is 0.478 e. The first kappa shape index (κ1) is 19.3. The summed E-state index contributed by atoms with van der Waals surface area (Å²) in [7, 11) is 0. The Kier molecular flexibility index (Phi) is 5.96. The smallest absolute Gasteiger partial charge is 0.336 e. The van der Waals surface area contributed by atoms with Gasteiger partial charge < -0.3 is 5.11 Å². The van der Waals surface area contributed by atoms with Gasteiger partial charge in [-0.3, -0.25) is 14.9 Å². The maximum Gasteiger partial charge on any atom is 0.336 e. The molecule has 0 unspecified atom stereocenters. The van der Waals surface area contributed by atoms with Crippen LogP contribution in [0.25, 0.3) is 11.1 Å². The van der Waals surface area contributed by atoms with Crippen LogP contribution in [-0.2, 0) is 13.0 Å². The summed E-state index contributed by atoms with van der Waals surface area (Å²) in [5.41, 5.74) is 4.35. The standard InChI is InChI=1S/C24H25N3O2/c28-24(29)23-6-2-1-5-22(23)20-9-7-18(8-10-20)16-27-13-3-4-19(17-27)14-21-15-25-11-12-26-21/h1-2,5-12,15,19H,3-4,13-14,16-17H2,(H,28,29)/t19-/m1/s1. The van der Waals surface area contributed by atoms with Gasteiger partial charge in [0.1, 0.15) is 0 Å². The lowest BCUT2D eigenvalue weighted by molar-refractivity contribution is 0.0697. The summed E-state index contributed by atoms with van der Waals surface area (Å²) in [5, 5.41) is 9.41. The molecule has 0 amide bonds. The Morgan fingerprint density at radius 2 is 1.93 bits per heavy atom. The first-order valence-corrected chi connectivity index (χ1v) is 10.1. The average molecular weight is 387 g/mol. The number of aromatic nitrogens is 2.